The van der Waals surface area contributed by atoms with Gasteiger partial charge < -0.3 is 20.8 Å². The molecular weight excluding hydrogens is 324 g/mol. The molecule has 0 saturated heterocycles. The second-order valence-electron chi connectivity index (χ2n) is 6.75. The summed E-state index contributed by atoms with van der Waals surface area (Å²) in [4.78, 5) is 7.85. The van der Waals surface area contributed by atoms with Crippen molar-refractivity contribution in [3.63, 3.8) is 0 Å². The van der Waals surface area contributed by atoms with Gasteiger partial charge in [0.2, 0.25) is 0 Å². The highest BCUT2D eigenvalue weighted by molar-refractivity contribution is 5.84. The molecule has 1 aliphatic heterocycles. The van der Waals surface area contributed by atoms with E-state index in [1.54, 1.807) is 0 Å². The molecule has 4 rings (SSSR count). The predicted octanol–water partition coefficient (Wildman–Crippen LogP) is 3.45. The maximum Gasteiger partial charge on any atom is 0.189 e. The smallest absolute Gasteiger partial charge is 0.189 e. The number of ether oxygens (including phenoxy) is 1. The lowest BCUT2D eigenvalue weighted by Gasteiger charge is -2.26. The lowest BCUT2D eigenvalue weighted by Crippen LogP contribution is -2.37. The van der Waals surface area contributed by atoms with Crippen molar-refractivity contribution >= 4 is 16.9 Å². The van der Waals surface area contributed by atoms with E-state index >= 15 is 0 Å². The molecule has 134 valence electrons. The number of rotatable bonds is 4. The zero-order chi connectivity index (χ0) is 17.9. The number of hydrogen-bond donors (Lipinski definition) is 3. The fourth-order valence-electron chi connectivity index (χ4n) is 3.52. The minimum Gasteiger partial charge on any atom is -0.493 e. The van der Waals surface area contributed by atoms with Gasteiger partial charge in [-0.1, -0.05) is 30.3 Å². The minimum absolute atomic E-state index is 0.153. The molecule has 0 radical (unpaired) electrons. The number of guanidine groups is 1. The number of nitrogens with zero attached hydrogens (tertiary/aromatic N) is 1. The summed E-state index contributed by atoms with van der Waals surface area (Å²) in [5.41, 5.74) is 11.0. The molecule has 2 aromatic carbocycles. The van der Waals surface area contributed by atoms with Crippen LogP contribution < -0.4 is 15.8 Å². The molecule has 0 spiro atoms. The highest BCUT2D eigenvalue weighted by atomic mass is 16.5. The lowest BCUT2D eigenvalue weighted by molar-refractivity contribution is 0.262. The van der Waals surface area contributed by atoms with Crippen LogP contribution in [0, 0.1) is 6.92 Å². The Hall–Kier alpha value is -2.95. The van der Waals surface area contributed by atoms with E-state index in [-0.39, 0.29) is 6.04 Å². The van der Waals surface area contributed by atoms with Crippen molar-refractivity contribution in [2.24, 2.45) is 10.7 Å². The topological polar surface area (TPSA) is 75.4 Å². The van der Waals surface area contributed by atoms with Gasteiger partial charge >= 0.3 is 0 Å². The summed E-state index contributed by atoms with van der Waals surface area (Å²) in [7, 11) is 0. The van der Waals surface area contributed by atoms with Gasteiger partial charge in [0, 0.05) is 35.6 Å². The van der Waals surface area contributed by atoms with E-state index in [0.717, 1.165) is 24.2 Å². The van der Waals surface area contributed by atoms with Gasteiger partial charge in [0.05, 0.1) is 12.6 Å². The summed E-state index contributed by atoms with van der Waals surface area (Å²) in [6.45, 7) is 3.45. The van der Waals surface area contributed by atoms with Gasteiger partial charge in [-0.05, 0) is 36.6 Å². The van der Waals surface area contributed by atoms with Crippen molar-refractivity contribution in [2.45, 2.75) is 25.8 Å². The molecule has 0 fully saturated rings. The van der Waals surface area contributed by atoms with Crippen LogP contribution in [0.2, 0.25) is 0 Å². The first-order valence-electron chi connectivity index (χ1n) is 9.05. The SMILES string of the molecule is Cc1ccc2c(CCN=C(N)NC3CCOc4ccccc43)c[nH]c2c1. The monoisotopic (exact) mass is 348 g/mol. The van der Waals surface area contributed by atoms with E-state index in [4.69, 9.17) is 10.5 Å². The quantitative estimate of drug-likeness (QED) is 0.499. The average Bonchev–Trinajstić information content (AvgIpc) is 3.04. The third-order valence-corrected chi connectivity index (χ3v) is 4.87. The fraction of sp³-hybridized carbons (Fsp3) is 0.286. The highest BCUT2D eigenvalue weighted by Gasteiger charge is 2.21. The van der Waals surface area contributed by atoms with E-state index in [1.807, 2.05) is 18.2 Å². The van der Waals surface area contributed by atoms with Crippen LogP contribution in [-0.4, -0.2) is 24.1 Å². The van der Waals surface area contributed by atoms with Crippen molar-refractivity contribution in [1.82, 2.24) is 10.3 Å². The van der Waals surface area contributed by atoms with Crippen molar-refractivity contribution in [3.8, 4) is 5.75 Å². The summed E-state index contributed by atoms with van der Waals surface area (Å²) in [5, 5.41) is 4.60. The number of aryl methyl sites for hydroxylation is 1. The number of benzene rings is 2. The molecule has 0 amide bonds. The van der Waals surface area contributed by atoms with Crippen LogP contribution in [0.5, 0.6) is 5.75 Å². The van der Waals surface area contributed by atoms with E-state index in [1.165, 1.54) is 22.0 Å². The molecule has 5 heteroatoms. The molecule has 1 atom stereocenters. The van der Waals surface area contributed by atoms with Crippen LogP contribution >= 0.6 is 0 Å². The number of aromatic nitrogens is 1. The number of fused-ring (bicyclic) bond motifs is 2. The predicted molar refractivity (Wildman–Crippen MR) is 106 cm³/mol. The summed E-state index contributed by atoms with van der Waals surface area (Å²) in [5.74, 6) is 1.42. The Labute approximate surface area is 153 Å². The van der Waals surface area contributed by atoms with Crippen molar-refractivity contribution in [1.29, 1.82) is 0 Å². The molecule has 4 N–H and O–H groups in total. The van der Waals surface area contributed by atoms with Crippen LogP contribution in [-0.2, 0) is 6.42 Å². The first kappa shape index (κ1) is 16.5. The number of nitrogens with one attached hydrogen (secondary N) is 2. The molecule has 3 aromatic rings. The first-order valence-corrected chi connectivity index (χ1v) is 9.05. The van der Waals surface area contributed by atoms with E-state index < -0.39 is 0 Å². The van der Waals surface area contributed by atoms with E-state index in [9.17, 15) is 0 Å². The lowest BCUT2D eigenvalue weighted by atomic mass is 10.0. The van der Waals surface area contributed by atoms with Crippen molar-refractivity contribution in [2.75, 3.05) is 13.2 Å². The number of nitrogens with two attached hydrogens (primary N) is 1. The second-order valence-corrected chi connectivity index (χ2v) is 6.75. The molecule has 0 bridgehead atoms. The number of H-pyrrole nitrogens is 1. The Kier molecular flexibility index (Phi) is 4.52. The van der Waals surface area contributed by atoms with Gasteiger partial charge in [-0.3, -0.25) is 4.99 Å². The summed E-state index contributed by atoms with van der Waals surface area (Å²) in [6.07, 6.45) is 3.81. The van der Waals surface area contributed by atoms with Gasteiger partial charge in [0.15, 0.2) is 5.96 Å². The zero-order valence-corrected chi connectivity index (χ0v) is 15.0. The normalized spacial score (nSPS) is 17.0. The molecular formula is C21H24N4O. The van der Waals surface area contributed by atoms with Crippen LogP contribution in [0.3, 0.4) is 0 Å². The average molecular weight is 348 g/mol. The van der Waals surface area contributed by atoms with Crippen molar-refractivity contribution in [3.05, 3.63) is 65.4 Å². The Balaban J connectivity index is 1.40. The van der Waals surface area contributed by atoms with Gasteiger partial charge in [-0.25, -0.2) is 0 Å². The Morgan fingerprint density at radius 2 is 2.19 bits per heavy atom. The second kappa shape index (κ2) is 7.12. The van der Waals surface area contributed by atoms with E-state index in [0.29, 0.717) is 19.1 Å². The molecule has 1 unspecified atom stereocenters. The standard InChI is InChI=1S/C21H24N4O/c1-14-6-7-16-15(13-24-19(16)12-14)8-10-23-21(22)25-18-9-11-26-20-5-3-2-4-17(18)20/h2-7,12-13,18,24H,8-11H2,1H3,(H3,22,23,25). The number of hydrogen-bond acceptors (Lipinski definition) is 2. The Morgan fingerprint density at radius 1 is 1.31 bits per heavy atom. The fourth-order valence-corrected chi connectivity index (χ4v) is 3.52. The number of para-hydroxylation sites is 1. The number of aliphatic imine (C=N–C) groups is 1. The number of aromatic amines is 1. The molecule has 26 heavy (non-hydrogen) atoms. The molecule has 1 aromatic heterocycles. The summed E-state index contributed by atoms with van der Waals surface area (Å²) < 4.78 is 5.69. The van der Waals surface area contributed by atoms with Gasteiger partial charge in [-0.2, -0.15) is 0 Å². The molecule has 2 heterocycles. The first-order chi connectivity index (χ1) is 12.7. The zero-order valence-electron chi connectivity index (χ0n) is 15.0. The Bertz CT molecular complexity index is 944. The van der Waals surface area contributed by atoms with Crippen LogP contribution in [0.15, 0.2) is 53.7 Å². The summed E-state index contributed by atoms with van der Waals surface area (Å²) >= 11 is 0. The van der Waals surface area contributed by atoms with E-state index in [2.05, 4.69) is 52.7 Å². The minimum atomic E-state index is 0.153. The largest absolute Gasteiger partial charge is 0.493 e. The molecule has 0 aliphatic carbocycles. The van der Waals surface area contributed by atoms with Crippen LogP contribution in [0.25, 0.3) is 10.9 Å². The highest BCUT2D eigenvalue weighted by Crippen LogP contribution is 2.31. The van der Waals surface area contributed by atoms with Gasteiger partial charge in [0.1, 0.15) is 5.75 Å². The van der Waals surface area contributed by atoms with Crippen LogP contribution in [0.1, 0.15) is 29.2 Å². The van der Waals surface area contributed by atoms with Gasteiger partial charge in [0.25, 0.3) is 0 Å². The molecule has 0 saturated carbocycles. The molecule has 1 aliphatic rings. The van der Waals surface area contributed by atoms with Gasteiger partial charge in [-0.15, -0.1) is 0 Å². The third kappa shape index (κ3) is 3.38. The Morgan fingerprint density at radius 3 is 3.12 bits per heavy atom. The molecule has 5 nitrogen and oxygen atoms in total. The maximum absolute atomic E-state index is 6.12. The third-order valence-electron chi connectivity index (χ3n) is 4.87. The summed E-state index contributed by atoms with van der Waals surface area (Å²) in [6, 6.07) is 14.7. The maximum atomic E-state index is 6.12. The van der Waals surface area contributed by atoms with Crippen LogP contribution in [0.4, 0.5) is 0 Å². The van der Waals surface area contributed by atoms with Crippen molar-refractivity contribution < 1.29 is 4.74 Å².